The number of nitrogens with zero attached hydrogens (tertiary/aromatic N) is 1. The number of amides is 2. The second kappa shape index (κ2) is 11.0. The van der Waals surface area contributed by atoms with Crippen molar-refractivity contribution < 1.29 is 36.6 Å². The third-order valence-corrected chi connectivity index (χ3v) is 9.51. The number of allylic oxidation sites excluding steroid dienone is 2. The lowest BCUT2D eigenvalue weighted by Crippen LogP contribution is -2.35. The highest BCUT2D eigenvalue weighted by molar-refractivity contribution is 14.1. The summed E-state index contributed by atoms with van der Waals surface area (Å²) in [7, 11) is -4.47. The van der Waals surface area contributed by atoms with Gasteiger partial charge in [-0.1, -0.05) is 54.6 Å². The Morgan fingerprint density at radius 1 is 0.854 bits per heavy atom. The fourth-order valence-electron chi connectivity index (χ4n) is 5.69. The predicted molar refractivity (Wildman–Crippen MR) is 153 cm³/mol. The van der Waals surface area contributed by atoms with Crippen LogP contribution in [0, 0.1) is 27.2 Å². The molecule has 3 aromatic rings. The van der Waals surface area contributed by atoms with Crippen molar-refractivity contribution in [3.63, 3.8) is 0 Å². The van der Waals surface area contributed by atoms with Crippen LogP contribution in [0.25, 0.3) is 0 Å². The Kier molecular flexibility index (Phi) is 7.43. The molecule has 0 spiro atoms. The monoisotopic (exact) mass is 685 g/mol. The zero-order valence-corrected chi connectivity index (χ0v) is 24.4. The minimum Gasteiger partial charge on any atom is -0.482 e. The zero-order valence-electron chi connectivity index (χ0n) is 21.5. The number of fused-ring (bicyclic) bond motifs is 5. The first-order chi connectivity index (χ1) is 19.7. The number of halogens is 1. The number of carbonyl (C=O) groups is 3. The van der Waals surface area contributed by atoms with E-state index in [4.69, 9.17) is 13.8 Å². The van der Waals surface area contributed by atoms with Gasteiger partial charge in [0.05, 0.1) is 16.7 Å². The molecule has 1 heterocycles. The minimum atomic E-state index is -4.47. The van der Waals surface area contributed by atoms with E-state index in [9.17, 15) is 22.8 Å². The first-order valence-electron chi connectivity index (χ1n) is 12.9. The minimum absolute atomic E-state index is 0.0691. The van der Waals surface area contributed by atoms with Crippen molar-refractivity contribution in [2.24, 2.45) is 23.7 Å². The summed E-state index contributed by atoms with van der Waals surface area (Å²) in [6, 6.07) is 22.1. The quantitative estimate of drug-likeness (QED) is 0.141. The van der Waals surface area contributed by atoms with Gasteiger partial charge < -0.3 is 9.47 Å². The van der Waals surface area contributed by atoms with Crippen molar-refractivity contribution in [1.29, 1.82) is 0 Å². The standard InChI is InChI=1S/C30H24INO8S/c31-22-10-8-19(9-11-22)28(18-4-2-1-3-5-18)39-25(33)17-38-23-12-14-24(15-13-23)41(36,37)40-32-29(34)26-20-6-7-21(16-20)27(26)30(32)35/h1-15,20-21,26-28H,16-17H2. The molecule has 11 heteroatoms. The van der Waals surface area contributed by atoms with Crippen LogP contribution in [0.1, 0.15) is 23.7 Å². The predicted octanol–water partition coefficient (Wildman–Crippen LogP) is 4.43. The maximum absolute atomic E-state index is 12.9. The van der Waals surface area contributed by atoms with Crippen LogP contribution in [0.5, 0.6) is 5.75 Å². The van der Waals surface area contributed by atoms with Gasteiger partial charge in [0.2, 0.25) is 0 Å². The lowest BCUT2D eigenvalue weighted by atomic mass is 9.85. The molecule has 0 aromatic heterocycles. The fourth-order valence-corrected chi connectivity index (χ4v) is 6.95. The molecule has 2 fully saturated rings. The Labute approximate surface area is 250 Å². The smallest absolute Gasteiger partial charge is 0.345 e. The van der Waals surface area contributed by atoms with Crippen molar-refractivity contribution in [2.75, 3.05) is 6.61 Å². The van der Waals surface area contributed by atoms with Crippen LogP contribution in [-0.4, -0.2) is 37.9 Å². The molecular weight excluding hydrogens is 661 g/mol. The van der Waals surface area contributed by atoms with Crippen LogP contribution in [0.2, 0.25) is 0 Å². The maximum Gasteiger partial charge on any atom is 0.345 e. The number of rotatable bonds is 9. The van der Waals surface area contributed by atoms with E-state index in [-0.39, 0.29) is 22.5 Å². The molecule has 1 saturated carbocycles. The number of imide groups is 1. The number of hydroxylamine groups is 2. The number of esters is 1. The molecule has 6 rings (SSSR count). The largest absolute Gasteiger partial charge is 0.482 e. The summed E-state index contributed by atoms with van der Waals surface area (Å²) in [6.07, 6.45) is 3.91. The van der Waals surface area contributed by atoms with Crippen LogP contribution in [0.15, 0.2) is 95.9 Å². The van der Waals surface area contributed by atoms with Crippen LogP contribution in [0.4, 0.5) is 0 Å². The summed E-state index contributed by atoms with van der Waals surface area (Å²) in [5, 5.41) is 0.397. The Morgan fingerprint density at radius 3 is 2.05 bits per heavy atom. The summed E-state index contributed by atoms with van der Waals surface area (Å²) >= 11 is 2.20. The lowest BCUT2D eigenvalue weighted by Gasteiger charge is -2.19. The molecule has 5 unspecified atom stereocenters. The van der Waals surface area contributed by atoms with Crippen molar-refractivity contribution in [2.45, 2.75) is 17.4 Å². The molecule has 2 bridgehead atoms. The van der Waals surface area contributed by atoms with Crippen LogP contribution in [-0.2, 0) is 33.5 Å². The number of carbonyl (C=O) groups excluding carboxylic acids is 3. The van der Waals surface area contributed by atoms with Gasteiger partial charge in [0, 0.05) is 3.57 Å². The normalized spacial score (nSPS) is 23.5. The number of hydrogen-bond acceptors (Lipinski definition) is 8. The molecule has 3 aromatic carbocycles. The summed E-state index contributed by atoms with van der Waals surface area (Å²) in [6.45, 7) is -0.410. The molecule has 3 aliphatic rings. The highest BCUT2D eigenvalue weighted by Gasteiger charge is 2.61. The molecule has 210 valence electrons. The number of ether oxygens (including phenoxy) is 2. The summed E-state index contributed by atoms with van der Waals surface area (Å²) in [4.78, 5) is 38.0. The Bertz CT molecular complexity index is 1590. The topological polar surface area (TPSA) is 116 Å². The van der Waals surface area contributed by atoms with E-state index in [1.54, 1.807) is 0 Å². The molecule has 2 amide bonds. The van der Waals surface area contributed by atoms with Gasteiger partial charge in [-0.2, -0.15) is 8.42 Å². The third-order valence-electron chi connectivity index (χ3n) is 7.60. The van der Waals surface area contributed by atoms with E-state index in [1.165, 1.54) is 24.3 Å². The van der Waals surface area contributed by atoms with Gasteiger partial charge >= 0.3 is 16.1 Å². The maximum atomic E-state index is 12.9. The summed E-state index contributed by atoms with van der Waals surface area (Å²) in [5.74, 6) is -2.93. The van der Waals surface area contributed by atoms with Gasteiger partial charge in [0.15, 0.2) is 12.7 Å². The van der Waals surface area contributed by atoms with E-state index >= 15 is 0 Å². The van der Waals surface area contributed by atoms with E-state index < -0.39 is 52.4 Å². The molecule has 0 N–H and O–H groups in total. The van der Waals surface area contributed by atoms with Crippen LogP contribution >= 0.6 is 22.6 Å². The van der Waals surface area contributed by atoms with E-state index in [1.807, 2.05) is 66.7 Å². The molecule has 5 atom stereocenters. The molecule has 41 heavy (non-hydrogen) atoms. The van der Waals surface area contributed by atoms with Crippen molar-refractivity contribution >= 4 is 50.5 Å². The Hall–Kier alpha value is -3.55. The zero-order chi connectivity index (χ0) is 28.7. The molecule has 0 radical (unpaired) electrons. The average Bonchev–Trinajstić information content (AvgIpc) is 3.66. The lowest BCUT2D eigenvalue weighted by molar-refractivity contribution is -0.166. The summed E-state index contributed by atoms with van der Waals surface area (Å²) in [5.41, 5.74) is 1.61. The van der Waals surface area contributed by atoms with Gasteiger partial charge in [0.25, 0.3) is 11.8 Å². The van der Waals surface area contributed by atoms with Crippen molar-refractivity contribution in [3.8, 4) is 5.75 Å². The van der Waals surface area contributed by atoms with Crippen LogP contribution in [0.3, 0.4) is 0 Å². The van der Waals surface area contributed by atoms with E-state index in [0.29, 0.717) is 5.06 Å². The second-order valence-electron chi connectivity index (χ2n) is 10.1. The van der Waals surface area contributed by atoms with Gasteiger partial charge in [-0.15, -0.1) is 9.35 Å². The van der Waals surface area contributed by atoms with Gasteiger partial charge in [-0.25, -0.2) is 4.79 Å². The third kappa shape index (κ3) is 5.41. The SMILES string of the molecule is O=C(COc1ccc(S(=O)(=O)ON2C(=O)C3C4C=CC(C4)C3C2=O)cc1)OC(c1ccccc1)c1ccc(I)cc1. The molecule has 1 saturated heterocycles. The molecular formula is C30H24INO8S. The first-order valence-corrected chi connectivity index (χ1v) is 15.4. The average molecular weight is 685 g/mol. The van der Waals surface area contributed by atoms with E-state index in [2.05, 4.69) is 22.6 Å². The van der Waals surface area contributed by atoms with Gasteiger partial charge in [-0.3, -0.25) is 9.59 Å². The van der Waals surface area contributed by atoms with Gasteiger partial charge in [-0.05, 0) is 88.4 Å². The Balaban J connectivity index is 1.08. The highest BCUT2D eigenvalue weighted by atomic mass is 127. The highest BCUT2D eigenvalue weighted by Crippen LogP contribution is 2.52. The number of benzene rings is 3. The molecule has 1 aliphatic heterocycles. The van der Waals surface area contributed by atoms with Gasteiger partial charge in [0.1, 0.15) is 5.75 Å². The fraction of sp³-hybridized carbons (Fsp3) is 0.233. The second-order valence-corrected chi connectivity index (χ2v) is 12.9. The van der Waals surface area contributed by atoms with E-state index in [0.717, 1.165) is 21.1 Å². The number of hydrogen-bond donors (Lipinski definition) is 0. The first kappa shape index (κ1) is 27.6. The van der Waals surface area contributed by atoms with Crippen molar-refractivity contribution in [1.82, 2.24) is 5.06 Å². The molecule has 2 aliphatic carbocycles. The Morgan fingerprint density at radius 2 is 1.44 bits per heavy atom. The van der Waals surface area contributed by atoms with Crippen molar-refractivity contribution in [3.05, 3.63) is 106 Å². The van der Waals surface area contributed by atoms with Crippen LogP contribution < -0.4 is 4.74 Å². The molecule has 9 nitrogen and oxygen atoms in total. The summed E-state index contributed by atoms with van der Waals surface area (Å²) < 4.78 is 43.1.